The Labute approximate surface area is 167 Å². The van der Waals surface area contributed by atoms with Crippen LogP contribution in [0.1, 0.15) is 22.3 Å². The number of para-hydroxylation sites is 1. The van der Waals surface area contributed by atoms with Crippen LogP contribution in [0.25, 0.3) is 11.1 Å². The van der Waals surface area contributed by atoms with E-state index < -0.39 is 5.41 Å². The van der Waals surface area contributed by atoms with Gasteiger partial charge < -0.3 is 4.74 Å². The Morgan fingerprint density at radius 3 is 2.25 bits per heavy atom. The van der Waals surface area contributed by atoms with E-state index in [9.17, 15) is 4.39 Å². The monoisotopic (exact) mass is 384 g/mol. The molecule has 1 nitrogen and oxygen atoms in total. The van der Waals surface area contributed by atoms with Crippen molar-refractivity contribution in [2.45, 2.75) is 5.41 Å². The predicted molar refractivity (Wildman–Crippen MR) is 109 cm³/mol. The molecular formula is C25H14ClFO. The molecule has 28 heavy (non-hydrogen) atoms. The highest BCUT2D eigenvalue weighted by molar-refractivity contribution is 6.30. The summed E-state index contributed by atoms with van der Waals surface area (Å²) in [4.78, 5) is 0. The first-order chi connectivity index (χ1) is 13.7. The third kappa shape index (κ3) is 1.86. The SMILES string of the molecule is Fc1ccc2c(c1)-c1ccccc1C21c2ccccc2Oc2ccc(Cl)cc21. The fraction of sp³-hybridized carbons (Fsp3) is 0.0400. The summed E-state index contributed by atoms with van der Waals surface area (Å²) in [5.41, 5.74) is 5.57. The summed E-state index contributed by atoms with van der Waals surface area (Å²) in [5, 5.41) is 0.647. The molecule has 1 atom stereocenters. The normalized spacial score (nSPS) is 18.1. The van der Waals surface area contributed by atoms with Gasteiger partial charge in [0.15, 0.2) is 0 Å². The molecule has 0 aromatic heterocycles. The lowest BCUT2D eigenvalue weighted by Crippen LogP contribution is -2.32. The third-order valence-electron chi connectivity index (χ3n) is 5.86. The van der Waals surface area contributed by atoms with Gasteiger partial charge in [-0.25, -0.2) is 4.39 Å². The molecule has 2 aliphatic rings. The van der Waals surface area contributed by atoms with E-state index >= 15 is 0 Å². The molecule has 0 N–H and O–H groups in total. The van der Waals surface area contributed by atoms with Crippen molar-refractivity contribution in [3.8, 4) is 22.6 Å². The van der Waals surface area contributed by atoms with E-state index in [0.29, 0.717) is 5.02 Å². The second-order valence-electron chi connectivity index (χ2n) is 7.22. The lowest BCUT2D eigenvalue weighted by atomic mass is 9.66. The van der Waals surface area contributed by atoms with Crippen LogP contribution in [-0.4, -0.2) is 0 Å². The van der Waals surface area contributed by atoms with E-state index in [2.05, 4.69) is 18.2 Å². The maximum absolute atomic E-state index is 14.2. The molecule has 0 radical (unpaired) electrons. The lowest BCUT2D eigenvalue weighted by molar-refractivity contribution is 0.436. The smallest absolute Gasteiger partial charge is 0.132 e. The summed E-state index contributed by atoms with van der Waals surface area (Å²) < 4.78 is 20.5. The van der Waals surface area contributed by atoms with Crippen molar-refractivity contribution in [3.05, 3.63) is 118 Å². The molecule has 1 spiro atoms. The Bertz CT molecular complexity index is 1280. The molecule has 1 unspecified atom stereocenters. The molecule has 3 heteroatoms. The molecule has 0 fully saturated rings. The average molecular weight is 385 g/mol. The van der Waals surface area contributed by atoms with E-state index in [-0.39, 0.29) is 5.82 Å². The Morgan fingerprint density at radius 2 is 1.36 bits per heavy atom. The highest BCUT2D eigenvalue weighted by Gasteiger charge is 2.51. The minimum atomic E-state index is -0.589. The molecule has 0 amide bonds. The summed E-state index contributed by atoms with van der Waals surface area (Å²) in [6.07, 6.45) is 0. The van der Waals surface area contributed by atoms with Gasteiger partial charge in [0.05, 0.1) is 5.41 Å². The zero-order valence-corrected chi connectivity index (χ0v) is 15.5. The van der Waals surface area contributed by atoms with Gasteiger partial charge in [0.25, 0.3) is 0 Å². The summed E-state index contributed by atoms with van der Waals surface area (Å²) >= 11 is 6.43. The number of hydrogen-bond acceptors (Lipinski definition) is 1. The van der Waals surface area contributed by atoms with Gasteiger partial charge in [-0.05, 0) is 58.7 Å². The zero-order chi connectivity index (χ0) is 18.9. The summed E-state index contributed by atoms with van der Waals surface area (Å²) in [6.45, 7) is 0. The van der Waals surface area contributed by atoms with Gasteiger partial charge in [0.1, 0.15) is 17.3 Å². The van der Waals surface area contributed by atoms with E-state index in [1.165, 1.54) is 6.07 Å². The largest absolute Gasteiger partial charge is 0.457 e. The van der Waals surface area contributed by atoms with Crippen LogP contribution < -0.4 is 4.74 Å². The van der Waals surface area contributed by atoms with Crippen molar-refractivity contribution in [3.63, 3.8) is 0 Å². The Morgan fingerprint density at radius 1 is 0.643 bits per heavy atom. The van der Waals surface area contributed by atoms with Crippen molar-refractivity contribution in [1.29, 1.82) is 0 Å². The lowest BCUT2D eigenvalue weighted by Gasteiger charge is -2.39. The van der Waals surface area contributed by atoms with Crippen LogP contribution in [0.2, 0.25) is 5.02 Å². The van der Waals surface area contributed by atoms with Crippen LogP contribution in [0.15, 0.2) is 84.9 Å². The first-order valence-corrected chi connectivity index (χ1v) is 9.54. The summed E-state index contributed by atoms with van der Waals surface area (Å²) in [7, 11) is 0. The second kappa shape index (κ2) is 5.46. The van der Waals surface area contributed by atoms with Crippen LogP contribution in [0, 0.1) is 5.82 Å². The quantitative estimate of drug-likeness (QED) is 0.275. The van der Waals surface area contributed by atoms with E-state index in [0.717, 1.165) is 44.9 Å². The Hall–Kier alpha value is -3.10. The molecule has 1 aliphatic carbocycles. The van der Waals surface area contributed by atoms with Crippen molar-refractivity contribution in [2.24, 2.45) is 0 Å². The highest BCUT2D eigenvalue weighted by atomic mass is 35.5. The topological polar surface area (TPSA) is 9.23 Å². The molecule has 0 saturated carbocycles. The van der Waals surface area contributed by atoms with Gasteiger partial charge in [0, 0.05) is 16.1 Å². The number of fused-ring (bicyclic) bond motifs is 9. The maximum Gasteiger partial charge on any atom is 0.132 e. The van der Waals surface area contributed by atoms with E-state index in [1.54, 1.807) is 6.07 Å². The average Bonchev–Trinajstić information content (AvgIpc) is 3.00. The Balaban J connectivity index is 1.86. The van der Waals surface area contributed by atoms with E-state index in [1.807, 2.05) is 54.6 Å². The van der Waals surface area contributed by atoms with Crippen LogP contribution in [-0.2, 0) is 5.41 Å². The van der Waals surface area contributed by atoms with Gasteiger partial charge in [-0.1, -0.05) is 60.1 Å². The molecule has 4 aromatic carbocycles. The number of halogens is 2. The van der Waals surface area contributed by atoms with Gasteiger partial charge >= 0.3 is 0 Å². The van der Waals surface area contributed by atoms with Gasteiger partial charge in [-0.15, -0.1) is 0 Å². The predicted octanol–water partition coefficient (Wildman–Crippen LogP) is 6.95. The first kappa shape index (κ1) is 15.9. The van der Waals surface area contributed by atoms with Crippen molar-refractivity contribution < 1.29 is 9.13 Å². The minimum absolute atomic E-state index is 0.239. The molecule has 0 saturated heterocycles. The maximum atomic E-state index is 14.2. The molecule has 134 valence electrons. The number of hydrogen-bond donors (Lipinski definition) is 0. The van der Waals surface area contributed by atoms with Gasteiger partial charge in [-0.3, -0.25) is 0 Å². The highest BCUT2D eigenvalue weighted by Crippen LogP contribution is 2.62. The Kier molecular flexibility index (Phi) is 3.10. The number of ether oxygens (including phenoxy) is 1. The molecule has 1 heterocycles. The van der Waals surface area contributed by atoms with Crippen molar-refractivity contribution >= 4 is 11.6 Å². The summed E-state index contributed by atoms with van der Waals surface area (Å²) in [6, 6.07) is 27.1. The standard InChI is InChI=1S/C25H14ClFO/c26-15-9-12-24-22(13-15)25(21-7-3-4-8-23(21)28-24)19-6-2-1-5-17(19)18-14-16(27)10-11-20(18)25/h1-14H. The third-order valence-corrected chi connectivity index (χ3v) is 6.10. The van der Waals surface area contributed by atoms with Gasteiger partial charge in [0.2, 0.25) is 0 Å². The van der Waals surface area contributed by atoms with Crippen LogP contribution in [0.3, 0.4) is 0 Å². The molecular weight excluding hydrogens is 371 g/mol. The first-order valence-electron chi connectivity index (χ1n) is 9.17. The number of benzene rings is 4. The second-order valence-corrected chi connectivity index (χ2v) is 7.66. The molecule has 6 rings (SSSR count). The number of rotatable bonds is 0. The van der Waals surface area contributed by atoms with Crippen molar-refractivity contribution in [2.75, 3.05) is 0 Å². The van der Waals surface area contributed by atoms with Gasteiger partial charge in [-0.2, -0.15) is 0 Å². The fourth-order valence-electron chi connectivity index (χ4n) is 4.85. The molecule has 4 aromatic rings. The zero-order valence-electron chi connectivity index (χ0n) is 14.7. The van der Waals surface area contributed by atoms with Crippen LogP contribution in [0.4, 0.5) is 4.39 Å². The van der Waals surface area contributed by atoms with E-state index in [4.69, 9.17) is 16.3 Å². The molecule has 0 bridgehead atoms. The van der Waals surface area contributed by atoms with Crippen LogP contribution >= 0.6 is 11.6 Å². The molecule has 1 aliphatic heterocycles. The fourth-order valence-corrected chi connectivity index (χ4v) is 5.02. The minimum Gasteiger partial charge on any atom is -0.457 e. The summed E-state index contributed by atoms with van der Waals surface area (Å²) in [5.74, 6) is 1.34. The van der Waals surface area contributed by atoms with Crippen molar-refractivity contribution in [1.82, 2.24) is 0 Å². The van der Waals surface area contributed by atoms with Crippen LogP contribution in [0.5, 0.6) is 11.5 Å².